The monoisotopic (exact) mass is 320 g/mol. The fourth-order valence-electron chi connectivity index (χ4n) is 2.14. The van der Waals surface area contributed by atoms with Crippen LogP contribution in [0.5, 0.6) is 0 Å². The lowest BCUT2D eigenvalue weighted by Gasteiger charge is -2.24. The Morgan fingerprint density at radius 2 is 1.90 bits per heavy atom. The van der Waals surface area contributed by atoms with Crippen molar-refractivity contribution in [3.8, 4) is 0 Å². The van der Waals surface area contributed by atoms with E-state index in [1.54, 1.807) is 0 Å². The van der Waals surface area contributed by atoms with E-state index >= 15 is 0 Å². The Morgan fingerprint density at radius 3 is 2.62 bits per heavy atom. The fourth-order valence-corrected chi connectivity index (χ4v) is 3.39. The van der Waals surface area contributed by atoms with E-state index in [0.29, 0.717) is 6.04 Å². The van der Waals surface area contributed by atoms with Gasteiger partial charge in [-0.3, -0.25) is 5.01 Å². The molecule has 0 saturated heterocycles. The van der Waals surface area contributed by atoms with E-state index in [1.807, 2.05) is 42.8 Å². The largest absolute Gasteiger partial charge is 0.265 e. The molecule has 1 aromatic rings. The maximum atomic E-state index is 6.29. The van der Waals surface area contributed by atoms with Gasteiger partial charge in [-0.1, -0.05) is 55.8 Å². The number of thioether (sulfide) groups is 1. The molecule has 3 rings (SSSR count). The highest BCUT2D eigenvalue weighted by atomic mass is 35.5. The molecule has 21 heavy (non-hydrogen) atoms. The van der Waals surface area contributed by atoms with Crippen molar-refractivity contribution in [3.63, 3.8) is 0 Å². The minimum atomic E-state index is 0.326. The molecular formula is C17H21ClN2S. The lowest BCUT2D eigenvalue weighted by Crippen LogP contribution is -2.34. The molecule has 2 aliphatic heterocycles. The molecule has 1 N–H and O–H groups in total. The van der Waals surface area contributed by atoms with Gasteiger partial charge in [-0.05, 0) is 30.7 Å². The van der Waals surface area contributed by atoms with Gasteiger partial charge in [0.15, 0.2) is 0 Å². The summed E-state index contributed by atoms with van der Waals surface area (Å²) in [5.41, 5.74) is 5.75. The molecule has 1 aromatic carbocycles. The van der Waals surface area contributed by atoms with Crippen LogP contribution in [0.2, 0.25) is 0 Å². The summed E-state index contributed by atoms with van der Waals surface area (Å²) in [7, 11) is 0. The highest BCUT2D eigenvalue weighted by Gasteiger charge is 2.24. The second-order valence-electron chi connectivity index (χ2n) is 4.63. The molecule has 4 heteroatoms. The summed E-state index contributed by atoms with van der Waals surface area (Å²) in [6.45, 7) is 6.11. The Kier molecular flexibility index (Phi) is 5.97. The van der Waals surface area contributed by atoms with Crippen LogP contribution in [-0.2, 0) is 5.75 Å². The van der Waals surface area contributed by atoms with Gasteiger partial charge in [-0.25, -0.2) is 5.43 Å². The number of hydrogen-bond acceptors (Lipinski definition) is 3. The first-order chi connectivity index (χ1) is 10.2. The van der Waals surface area contributed by atoms with Gasteiger partial charge in [0.1, 0.15) is 5.16 Å². The molecule has 0 bridgehead atoms. The highest BCUT2D eigenvalue weighted by molar-refractivity contribution is 8.02. The minimum absolute atomic E-state index is 0.326. The Bertz CT molecular complexity index is 563. The van der Waals surface area contributed by atoms with E-state index in [0.717, 1.165) is 16.6 Å². The van der Waals surface area contributed by atoms with Crippen LogP contribution in [0.25, 0.3) is 0 Å². The molecule has 0 fully saturated rings. The van der Waals surface area contributed by atoms with Gasteiger partial charge in [0.05, 0.1) is 5.70 Å². The van der Waals surface area contributed by atoms with E-state index in [4.69, 9.17) is 11.6 Å². The molecule has 112 valence electrons. The van der Waals surface area contributed by atoms with Gasteiger partial charge >= 0.3 is 0 Å². The average molecular weight is 321 g/mol. The maximum Gasteiger partial charge on any atom is 0.124 e. The Balaban J connectivity index is 0.000000774. The van der Waals surface area contributed by atoms with E-state index in [1.165, 1.54) is 10.5 Å². The molecule has 0 radical (unpaired) electrons. The fraction of sp³-hybridized carbons (Fsp3) is 0.294. The summed E-state index contributed by atoms with van der Waals surface area (Å²) in [5.74, 6) is 0.962. The lowest BCUT2D eigenvalue weighted by molar-refractivity contribution is 0.349. The first kappa shape index (κ1) is 16.2. The van der Waals surface area contributed by atoms with Crippen LogP contribution in [0.1, 0.15) is 26.3 Å². The first-order valence-electron chi connectivity index (χ1n) is 7.26. The predicted octanol–water partition coefficient (Wildman–Crippen LogP) is 5.02. The van der Waals surface area contributed by atoms with Crippen LogP contribution in [-0.4, -0.2) is 11.1 Å². The summed E-state index contributed by atoms with van der Waals surface area (Å²) in [6.07, 6.45) is 6.37. The van der Waals surface area contributed by atoms with E-state index in [-0.39, 0.29) is 0 Å². The third-order valence-electron chi connectivity index (χ3n) is 3.03. The summed E-state index contributed by atoms with van der Waals surface area (Å²) in [6, 6.07) is 10.8. The molecule has 0 saturated carbocycles. The SMILES string of the molecule is CC.CC1C=C2C=C(SCc3ccccc3)C=C(Cl)N2N1. The van der Waals surface area contributed by atoms with Crippen LogP contribution in [0.15, 0.2) is 64.3 Å². The van der Waals surface area contributed by atoms with Crippen molar-refractivity contribution < 1.29 is 0 Å². The number of nitrogens with zero attached hydrogens (tertiary/aromatic N) is 1. The average Bonchev–Trinajstić information content (AvgIpc) is 2.89. The van der Waals surface area contributed by atoms with E-state index < -0.39 is 0 Å². The van der Waals surface area contributed by atoms with E-state index in [9.17, 15) is 0 Å². The predicted molar refractivity (Wildman–Crippen MR) is 93.6 cm³/mol. The smallest absolute Gasteiger partial charge is 0.124 e. The lowest BCUT2D eigenvalue weighted by atomic mass is 10.2. The van der Waals surface area contributed by atoms with Gasteiger partial charge in [0, 0.05) is 16.7 Å². The van der Waals surface area contributed by atoms with Gasteiger partial charge in [0.25, 0.3) is 0 Å². The summed E-state index contributed by atoms with van der Waals surface area (Å²) in [5, 5.41) is 2.66. The number of rotatable bonds is 3. The number of fused-ring (bicyclic) bond motifs is 1. The number of hydrogen-bond donors (Lipinski definition) is 1. The second kappa shape index (κ2) is 7.74. The number of allylic oxidation sites excluding steroid dienone is 2. The molecule has 0 amide bonds. The zero-order valence-electron chi connectivity index (χ0n) is 12.6. The second-order valence-corrected chi connectivity index (χ2v) is 6.07. The molecule has 0 spiro atoms. The Hall–Kier alpha value is -1.16. The zero-order chi connectivity index (χ0) is 15.2. The third kappa shape index (κ3) is 4.16. The van der Waals surface area contributed by atoms with Crippen LogP contribution in [0, 0.1) is 0 Å². The normalized spacial score (nSPS) is 19.9. The zero-order valence-corrected chi connectivity index (χ0v) is 14.2. The van der Waals surface area contributed by atoms with Crippen LogP contribution in [0.4, 0.5) is 0 Å². The van der Waals surface area contributed by atoms with Gasteiger partial charge in [0.2, 0.25) is 0 Å². The third-order valence-corrected chi connectivity index (χ3v) is 4.35. The highest BCUT2D eigenvalue weighted by Crippen LogP contribution is 2.34. The van der Waals surface area contributed by atoms with Gasteiger partial charge < -0.3 is 0 Å². The quantitative estimate of drug-likeness (QED) is 0.787. The molecule has 0 aliphatic carbocycles. The number of halogens is 1. The molecule has 2 aliphatic rings. The maximum absolute atomic E-state index is 6.29. The minimum Gasteiger partial charge on any atom is -0.265 e. The van der Waals surface area contributed by atoms with Crippen molar-refractivity contribution in [3.05, 3.63) is 69.9 Å². The van der Waals surface area contributed by atoms with Crippen molar-refractivity contribution in [2.24, 2.45) is 0 Å². The van der Waals surface area contributed by atoms with Gasteiger partial charge in [-0.15, -0.1) is 11.8 Å². The summed E-state index contributed by atoms with van der Waals surface area (Å²) >= 11 is 8.10. The number of nitrogens with one attached hydrogen (secondary N) is 1. The Labute approximate surface area is 136 Å². The van der Waals surface area contributed by atoms with Crippen molar-refractivity contribution in [1.82, 2.24) is 10.4 Å². The molecule has 2 heterocycles. The van der Waals surface area contributed by atoms with E-state index in [2.05, 4.69) is 48.8 Å². The molecule has 2 nitrogen and oxygen atoms in total. The molecule has 1 unspecified atom stereocenters. The van der Waals surface area contributed by atoms with Crippen LogP contribution < -0.4 is 5.43 Å². The standard InChI is InChI=1S/C15H15ClN2S.C2H6/c1-11-7-13-8-14(9-15(16)18(13)17-11)19-10-12-5-3-2-4-6-12;1-2/h2-9,11,17H,10H2,1H3;1-2H3. The van der Waals surface area contributed by atoms with Gasteiger partial charge in [-0.2, -0.15) is 0 Å². The molecular weight excluding hydrogens is 300 g/mol. The van der Waals surface area contributed by atoms with Crippen LogP contribution >= 0.6 is 23.4 Å². The van der Waals surface area contributed by atoms with Crippen molar-refractivity contribution >= 4 is 23.4 Å². The van der Waals surface area contributed by atoms with Crippen molar-refractivity contribution in [2.75, 3.05) is 0 Å². The summed E-state index contributed by atoms with van der Waals surface area (Å²) < 4.78 is 0. The Morgan fingerprint density at radius 1 is 1.19 bits per heavy atom. The molecule has 0 aromatic heterocycles. The van der Waals surface area contributed by atoms with Crippen molar-refractivity contribution in [1.29, 1.82) is 0 Å². The number of benzene rings is 1. The summed E-state index contributed by atoms with van der Waals surface area (Å²) in [4.78, 5) is 1.20. The number of hydrazine groups is 1. The first-order valence-corrected chi connectivity index (χ1v) is 8.62. The topological polar surface area (TPSA) is 15.3 Å². The van der Waals surface area contributed by atoms with Crippen molar-refractivity contribution in [2.45, 2.75) is 32.6 Å². The van der Waals surface area contributed by atoms with Crippen LogP contribution in [0.3, 0.4) is 0 Å². The molecule has 1 atom stereocenters.